The average Bonchev–Trinajstić information content (AvgIpc) is 3.09. The molecule has 0 spiro atoms. The molecule has 4 rings (SSSR count). The highest BCUT2D eigenvalue weighted by Gasteiger charge is 2.58. The van der Waals surface area contributed by atoms with Crippen molar-refractivity contribution in [2.45, 2.75) is 19.6 Å². The lowest BCUT2D eigenvalue weighted by Crippen LogP contribution is -2.55. The highest BCUT2D eigenvalue weighted by molar-refractivity contribution is 6.53. The van der Waals surface area contributed by atoms with Crippen molar-refractivity contribution in [2.75, 3.05) is 18.1 Å². The largest absolute Gasteiger partial charge is 0.477 e. The van der Waals surface area contributed by atoms with Crippen LogP contribution in [-0.4, -0.2) is 30.8 Å². The van der Waals surface area contributed by atoms with E-state index in [2.05, 4.69) is 4.99 Å². The van der Waals surface area contributed by atoms with E-state index in [9.17, 15) is 9.59 Å². The number of hydrogen-bond donors (Lipinski definition) is 0. The summed E-state index contributed by atoms with van der Waals surface area (Å²) >= 11 is 0. The van der Waals surface area contributed by atoms with Crippen molar-refractivity contribution in [2.24, 2.45) is 4.99 Å². The predicted octanol–water partition coefficient (Wildman–Crippen LogP) is 3.19. The first-order valence-corrected chi connectivity index (χ1v) is 8.58. The van der Waals surface area contributed by atoms with E-state index in [0.29, 0.717) is 35.7 Å². The van der Waals surface area contributed by atoms with Crippen LogP contribution in [0.15, 0.2) is 53.5 Å². The van der Waals surface area contributed by atoms with Gasteiger partial charge in [-0.25, -0.2) is 4.99 Å². The maximum absolute atomic E-state index is 13.0. The van der Waals surface area contributed by atoms with Crippen LogP contribution in [0.2, 0.25) is 0 Å². The topological polar surface area (TPSA) is 68.2 Å². The number of aliphatic imine (C=N–C) groups is 1. The quantitative estimate of drug-likeness (QED) is 0.794. The van der Waals surface area contributed by atoms with Crippen molar-refractivity contribution in [1.82, 2.24) is 0 Å². The molecule has 6 heteroatoms. The van der Waals surface area contributed by atoms with E-state index >= 15 is 0 Å². The monoisotopic (exact) mass is 350 g/mol. The number of ketones is 1. The van der Waals surface area contributed by atoms with E-state index < -0.39 is 17.4 Å². The fourth-order valence-corrected chi connectivity index (χ4v) is 3.55. The van der Waals surface area contributed by atoms with Crippen molar-refractivity contribution < 1.29 is 19.1 Å². The molecule has 0 saturated heterocycles. The molecule has 26 heavy (non-hydrogen) atoms. The fraction of sp³-hybridized carbons (Fsp3) is 0.250. The molecular weight excluding hydrogens is 332 g/mol. The number of rotatable bonds is 4. The van der Waals surface area contributed by atoms with Gasteiger partial charge in [-0.2, -0.15) is 0 Å². The molecule has 0 bridgehead atoms. The molecule has 6 nitrogen and oxygen atoms in total. The van der Waals surface area contributed by atoms with Crippen LogP contribution in [-0.2, 0) is 20.0 Å². The number of carbonyl (C=O) groups is 2. The Hall–Kier alpha value is -2.99. The molecule has 2 aromatic rings. The van der Waals surface area contributed by atoms with Crippen LogP contribution in [0.3, 0.4) is 0 Å². The molecule has 0 fully saturated rings. The van der Waals surface area contributed by atoms with E-state index in [0.717, 1.165) is 0 Å². The molecule has 2 aliphatic rings. The van der Waals surface area contributed by atoms with E-state index in [-0.39, 0.29) is 5.90 Å². The Kier molecular flexibility index (Phi) is 3.85. The Balaban J connectivity index is 2.00. The van der Waals surface area contributed by atoms with Gasteiger partial charge in [0, 0.05) is 12.2 Å². The molecule has 1 unspecified atom stereocenters. The summed E-state index contributed by atoms with van der Waals surface area (Å²) in [5.41, 5.74) is 0.815. The minimum absolute atomic E-state index is 0.265. The fourth-order valence-electron chi connectivity index (χ4n) is 3.55. The molecule has 0 aliphatic carbocycles. The van der Waals surface area contributed by atoms with Gasteiger partial charge in [-0.1, -0.05) is 30.3 Å². The van der Waals surface area contributed by atoms with Gasteiger partial charge in [0.1, 0.15) is 0 Å². The molecule has 0 saturated carbocycles. The molecule has 0 radical (unpaired) electrons. The number of hydrogen-bond acceptors (Lipinski definition) is 5. The second kappa shape index (κ2) is 6.07. The molecule has 1 amide bonds. The SMILES string of the molecule is CCOC1=Nc2ccccc2C1(OCC)N1C(=O)C(=O)c2ccccc21. The first-order valence-electron chi connectivity index (χ1n) is 8.58. The lowest BCUT2D eigenvalue weighted by molar-refractivity contribution is -0.119. The summed E-state index contributed by atoms with van der Waals surface area (Å²) in [6.45, 7) is 4.34. The first-order chi connectivity index (χ1) is 12.6. The maximum Gasteiger partial charge on any atom is 0.302 e. The van der Waals surface area contributed by atoms with Gasteiger partial charge in [-0.15, -0.1) is 0 Å². The Morgan fingerprint density at radius 1 is 1.00 bits per heavy atom. The van der Waals surface area contributed by atoms with E-state index in [4.69, 9.17) is 9.47 Å². The number of benzene rings is 2. The number of nitrogens with zero attached hydrogens (tertiary/aromatic N) is 2. The lowest BCUT2D eigenvalue weighted by atomic mass is 10.0. The number of amides is 1. The Morgan fingerprint density at radius 2 is 1.73 bits per heavy atom. The summed E-state index contributed by atoms with van der Waals surface area (Å²) < 4.78 is 11.9. The molecule has 2 heterocycles. The average molecular weight is 350 g/mol. The summed E-state index contributed by atoms with van der Waals surface area (Å²) in [5, 5.41) is 0. The lowest BCUT2D eigenvalue weighted by Gasteiger charge is -2.38. The Morgan fingerprint density at radius 3 is 2.50 bits per heavy atom. The van der Waals surface area contributed by atoms with Gasteiger partial charge < -0.3 is 9.47 Å². The Bertz CT molecular complexity index is 937. The minimum Gasteiger partial charge on any atom is -0.477 e. The second-order valence-electron chi connectivity index (χ2n) is 5.93. The third-order valence-electron chi connectivity index (χ3n) is 4.52. The van der Waals surface area contributed by atoms with Crippen LogP contribution in [0, 0.1) is 0 Å². The van der Waals surface area contributed by atoms with E-state index in [1.807, 2.05) is 38.1 Å². The first kappa shape index (κ1) is 16.5. The highest BCUT2D eigenvalue weighted by atomic mass is 16.6. The normalized spacial score (nSPS) is 20.8. The molecule has 1 atom stereocenters. The zero-order valence-electron chi connectivity index (χ0n) is 14.6. The van der Waals surface area contributed by atoms with E-state index in [1.54, 1.807) is 24.3 Å². The maximum atomic E-state index is 13.0. The summed E-state index contributed by atoms with van der Waals surface area (Å²) in [7, 11) is 0. The highest BCUT2D eigenvalue weighted by Crippen LogP contribution is 2.48. The van der Waals surface area contributed by atoms with Crippen molar-refractivity contribution >= 4 is 29.0 Å². The van der Waals surface area contributed by atoms with Crippen molar-refractivity contribution in [1.29, 1.82) is 0 Å². The molecule has 132 valence electrons. The zero-order chi connectivity index (χ0) is 18.3. The smallest absolute Gasteiger partial charge is 0.302 e. The zero-order valence-corrected chi connectivity index (χ0v) is 14.6. The summed E-state index contributed by atoms with van der Waals surface area (Å²) in [4.78, 5) is 31.5. The van der Waals surface area contributed by atoms with Gasteiger partial charge in [-0.3, -0.25) is 14.5 Å². The third-order valence-corrected chi connectivity index (χ3v) is 4.52. The summed E-state index contributed by atoms with van der Waals surface area (Å²) in [5.74, 6) is -0.940. The Labute approximate surface area is 151 Å². The van der Waals surface area contributed by atoms with Crippen LogP contribution >= 0.6 is 0 Å². The van der Waals surface area contributed by atoms with Crippen LogP contribution in [0.4, 0.5) is 11.4 Å². The number of anilines is 1. The molecule has 0 aromatic heterocycles. The number of carbonyl (C=O) groups excluding carboxylic acids is 2. The third kappa shape index (κ3) is 2.05. The number of ether oxygens (including phenoxy) is 2. The predicted molar refractivity (Wildman–Crippen MR) is 96.7 cm³/mol. The van der Waals surface area contributed by atoms with Crippen LogP contribution in [0.1, 0.15) is 29.8 Å². The second-order valence-corrected chi connectivity index (χ2v) is 5.93. The minimum atomic E-state index is -1.39. The molecule has 2 aromatic carbocycles. The van der Waals surface area contributed by atoms with Crippen molar-refractivity contribution in [3.63, 3.8) is 0 Å². The van der Waals surface area contributed by atoms with Crippen LogP contribution in [0.25, 0.3) is 0 Å². The van der Waals surface area contributed by atoms with Gasteiger partial charge >= 0.3 is 5.91 Å². The van der Waals surface area contributed by atoms with Gasteiger partial charge in [0.05, 0.1) is 23.5 Å². The number of para-hydroxylation sites is 2. The number of fused-ring (bicyclic) bond motifs is 2. The molecular formula is C20H18N2O4. The van der Waals surface area contributed by atoms with Gasteiger partial charge in [-0.05, 0) is 32.0 Å². The van der Waals surface area contributed by atoms with Crippen LogP contribution < -0.4 is 4.90 Å². The van der Waals surface area contributed by atoms with E-state index in [1.165, 1.54) is 4.90 Å². The van der Waals surface area contributed by atoms with Gasteiger partial charge in [0.25, 0.3) is 11.5 Å². The number of Topliss-reactive ketones (excluding diaryl/α,β-unsaturated/α-hetero) is 1. The van der Waals surface area contributed by atoms with Gasteiger partial charge in [0.2, 0.25) is 5.90 Å². The molecule has 0 N–H and O–H groups in total. The standard InChI is InChI=1S/C20H18N2O4/c1-3-25-19-20(26-4-2,14-10-6-7-11-15(14)21-19)22-16-12-8-5-9-13(16)17(23)18(22)24/h5-12H,3-4H2,1-2H3. The molecule has 2 aliphatic heterocycles. The summed E-state index contributed by atoms with van der Waals surface area (Å²) in [6, 6.07) is 14.3. The van der Waals surface area contributed by atoms with Gasteiger partial charge in [0.15, 0.2) is 0 Å². The van der Waals surface area contributed by atoms with Crippen molar-refractivity contribution in [3.05, 3.63) is 59.7 Å². The van der Waals surface area contributed by atoms with Crippen molar-refractivity contribution in [3.8, 4) is 0 Å². The summed E-state index contributed by atoms with van der Waals surface area (Å²) in [6.07, 6.45) is 0. The van der Waals surface area contributed by atoms with Crippen LogP contribution in [0.5, 0.6) is 0 Å².